The first-order chi connectivity index (χ1) is 6.81. The number of methoxy groups -OCH3 is 3. The largest absolute Gasteiger partial charge is 0.504 e. The second-order valence-corrected chi connectivity index (χ2v) is 2.65. The maximum atomic E-state index is 5.16. The van der Waals surface area contributed by atoms with Gasteiger partial charge in [-0.1, -0.05) is 6.07 Å². The van der Waals surface area contributed by atoms with Crippen molar-refractivity contribution in [2.24, 2.45) is 0 Å². The fraction of sp³-hybridized carbons (Fsp3) is 0.273. The second kappa shape index (κ2) is 5.17. The van der Waals surface area contributed by atoms with Crippen LogP contribution in [0.15, 0.2) is 24.5 Å². The van der Waals surface area contributed by atoms with E-state index in [-0.39, 0.29) is 0 Å². The predicted octanol–water partition coefficient (Wildman–Crippen LogP) is 2.32. The van der Waals surface area contributed by atoms with E-state index in [1.807, 2.05) is 24.3 Å². The van der Waals surface area contributed by atoms with Gasteiger partial charge in [0.25, 0.3) is 0 Å². The minimum atomic E-state index is 0.714. The van der Waals surface area contributed by atoms with Gasteiger partial charge in [-0.15, -0.1) is 0 Å². The molecule has 1 aromatic carbocycles. The van der Waals surface area contributed by atoms with Crippen LogP contribution in [0.3, 0.4) is 0 Å². The van der Waals surface area contributed by atoms with Crippen LogP contribution >= 0.6 is 0 Å². The van der Waals surface area contributed by atoms with Crippen LogP contribution in [0.2, 0.25) is 0 Å². The van der Waals surface area contributed by atoms with Gasteiger partial charge >= 0.3 is 0 Å². The third kappa shape index (κ3) is 2.42. The molecule has 0 atom stereocenters. The number of benzene rings is 1. The third-order valence-corrected chi connectivity index (χ3v) is 1.80. The molecule has 0 amide bonds. The Hall–Kier alpha value is -1.64. The Balaban J connectivity index is 2.95. The van der Waals surface area contributed by atoms with Gasteiger partial charge < -0.3 is 14.2 Å². The van der Waals surface area contributed by atoms with Crippen molar-refractivity contribution in [1.29, 1.82) is 0 Å². The van der Waals surface area contributed by atoms with Gasteiger partial charge in [-0.3, -0.25) is 0 Å². The summed E-state index contributed by atoms with van der Waals surface area (Å²) in [6.07, 6.45) is 3.46. The summed E-state index contributed by atoms with van der Waals surface area (Å²) < 4.78 is 15.1. The van der Waals surface area contributed by atoms with Crippen molar-refractivity contribution in [3.63, 3.8) is 0 Å². The highest BCUT2D eigenvalue weighted by Crippen LogP contribution is 2.27. The standard InChI is InChI=1S/C11H14O3/c1-12-7-6-9-4-5-10(13-2)11(8-9)14-3/h4-8H,1-3H3/b7-6+. The van der Waals surface area contributed by atoms with Crippen LogP contribution in [0, 0.1) is 0 Å². The first-order valence-electron chi connectivity index (χ1n) is 4.23. The summed E-state index contributed by atoms with van der Waals surface area (Å²) in [5.41, 5.74) is 1.00. The van der Waals surface area contributed by atoms with Crippen molar-refractivity contribution in [2.75, 3.05) is 21.3 Å². The molecule has 14 heavy (non-hydrogen) atoms. The first kappa shape index (κ1) is 10.4. The van der Waals surface area contributed by atoms with E-state index in [1.165, 1.54) is 0 Å². The molecule has 76 valence electrons. The summed E-state index contributed by atoms with van der Waals surface area (Å²) in [5.74, 6) is 1.44. The first-order valence-corrected chi connectivity index (χ1v) is 4.23. The molecule has 0 heterocycles. The van der Waals surface area contributed by atoms with E-state index in [1.54, 1.807) is 27.6 Å². The molecule has 0 spiro atoms. The molecule has 0 saturated carbocycles. The number of rotatable bonds is 4. The van der Waals surface area contributed by atoms with E-state index < -0.39 is 0 Å². The molecule has 0 aliphatic rings. The Labute approximate surface area is 83.9 Å². The van der Waals surface area contributed by atoms with E-state index in [0.29, 0.717) is 5.75 Å². The van der Waals surface area contributed by atoms with E-state index in [9.17, 15) is 0 Å². The van der Waals surface area contributed by atoms with Crippen molar-refractivity contribution in [3.05, 3.63) is 30.0 Å². The zero-order valence-electron chi connectivity index (χ0n) is 8.61. The van der Waals surface area contributed by atoms with Gasteiger partial charge in [0, 0.05) is 0 Å². The number of ether oxygens (including phenoxy) is 3. The highest BCUT2D eigenvalue weighted by atomic mass is 16.5. The normalized spacial score (nSPS) is 10.2. The summed E-state index contributed by atoms with van der Waals surface area (Å²) in [6.45, 7) is 0. The molecule has 0 aliphatic carbocycles. The monoisotopic (exact) mass is 194 g/mol. The van der Waals surface area contributed by atoms with E-state index >= 15 is 0 Å². The molecule has 0 saturated heterocycles. The van der Waals surface area contributed by atoms with Crippen molar-refractivity contribution >= 4 is 6.08 Å². The molecule has 0 bridgehead atoms. The predicted molar refractivity (Wildman–Crippen MR) is 55.6 cm³/mol. The molecule has 0 N–H and O–H groups in total. The van der Waals surface area contributed by atoms with Gasteiger partial charge in [-0.2, -0.15) is 0 Å². The number of hydrogen-bond donors (Lipinski definition) is 0. The summed E-state index contributed by atoms with van der Waals surface area (Å²) in [5, 5.41) is 0. The molecule has 3 nitrogen and oxygen atoms in total. The summed E-state index contributed by atoms with van der Waals surface area (Å²) in [7, 11) is 4.83. The quantitative estimate of drug-likeness (QED) is 0.688. The van der Waals surface area contributed by atoms with Gasteiger partial charge in [0.2, 0.25) is 0 Å². The Morgan fingerprint density at radius 1 is 1.00 bits per heavy atom. The van der Waals surface area contributed by atoms with E-state index in [0.717, 1.165) is 11.3 Å². The Kier molecular flexibility index (Phi) is 3.85. The molecule has 0 fully saturated rings. The van der Waals surface area contributed by atoms with E-state index in [4.69, 9.17) is 14.2 Å². The SMILES string of the molecule is CO/C=C/c1ccc(OC)c(OC)c1. The fourth-order valence-electron chi connectivity index (χ4n) is 1.10. The molecule has 3 heteroatoms. The minimum Gasteiger partial charge on any atom is -0.504 e. The lowest BCUT2D eigenvalue weighted by Crippen LogP contribution is -1.90. The zero-order chi connectivity index (χ0) is 10.4. The summed E-state index contributed by atoms with van der Waals surface area (Å²) >= 11 is 0. The average molecular weight is 194 g/mol. The summed E-state index contributed by atoms with van der Waals surface area (Å²) in [6, 6.07) is 5.67. The molecular weight excluding hydrogens is 180 g/mol. The van der Waals surface area contributed by atoms with Crippen LogP contribution in [0.5, 0.6) is 11.5 Å². The van der Waals surface area contributed by atoms with Crippen LogP contribution < -0.4 is 9.47 Å². The molecule has 0 aliphatic heterocycles. The van der Waals surface area contributed by atoms with Crippen LogP contribution in [-0.2, 0) is 4.74 Å². The topological polar surface area (TPSA) is 27.7 Å². The smallest absolute Gasteiger partial charge is 0.161 e. The van der Waals surface area contributed by atoms with Crippen LogP contribution in [0.1, 0.15) is 5.56 Å². The van der Waals surface area contributed by atoms with Gasteiger partial charge in [0.05, 0.1) is 27.6 Å². The average Bonchev–Trinajstić information content (AvgIpc) is 2.25. The fourth-order valence-corrected chi connectivity index (χ4v) is 1.10. The zero-order valence-corrected chi connectivity index (χ0v) is 8.61. The van der Waals surface area contributed by atoms with Crippen molar-refractivity contribution < 1.29 is 14.2 Å². The van der Waals surface area contributed by atoms with Gasteiger partial charge in [0.15, 0.2) is 11.5 Å². The molecular formula is C11H14O3. The van der Waals surface area contributed by atoms with Gasteiger partial charge in [-0.05, 0) is 23.8 Å². The molecule has 0 aromatic heterocycles. The Morgan fingerprint density at radius 2 is 1.71 bits per heavy atom. The molecule has 0 unspecified atom stereocenters. The van der Waals surface area contributed by atoms with Crippen LogP contribution in [0.4, 0.5) is 0 Å². The Morgan fingerprint density at radius 3 is 2.29 bits per heavy atom. The molecule has 1 aromatic rings. The van der Waals surface area contributed by atoms with Crippen molar-refractivity contribution in [2.45, 2.75) is 0 Å². The van der Waals surface area contributed by atoms with Gasteiger partial charge in [0.1, 0.15) is 0 Å². The van der Waals surface area contributed by atoms with Crippen LogP contribution in [-0.4, -0.2) is 21.3 Å². The highest BCUT2D eigenvalue weighted by molar-refractivity contribution is 5.55. The molecule has 1 rings (SSSR count). The lowest BCUT2D eigenvalue weighted by Gasteiger charge is -2.07. The Bertz CT molecular complexity index is 318. The molecule has 0 radical (unpaired) electrons. The van der Waals surface area contributed by atoms with Gasteiger partial charge in [-0.25, -0.2) is 0 Å². The summed E-state index contributed by atoms with van der Waals surface area (Å²) in [4.78, 5) is 0. The van der Waals surface area contributed by atoms with E-state index in [2.05, 4.69) is 0 Å². The second-order valence-electron chi connectivity index (χ2n) is 2.65. The lowest BCUT2D eigenvalue weighted by molar-refractivity contribution is 0.341. The minimum absolute atomic E-state index is 0.714. The third-order valence-electron chi connectivity index (χ3n) is 1.80. The highest BCUT2D eigenvalue weighted by Gasteiger charge is 2.02. The maximum Gasteiger partial charge on any atom is 0.161 e. The lowest BCUT2D eigenvalue weighted by atomic mass is 10.2. The number of hydrogen-bond acceptors (Lipinski definition) is 3. The van der Waals surface area contributed by atoms with Crippen LogP contribution in [0.25, 0.3) is 6.08 Å². The van der Waals surface area contributed by atoms with Crippen molar-refractivity contribution in [3.8, 4) is 11.5 Å². The maximum absolute atomic E-state index is 5.16. The van der Waals surface area contributed by atoms with Crippen molar-refractivity contribution in [1.82, 2.24) is 0 Å².